The molecule has 2 aliphatic rings. The Morgan fingerprint density at radius 2 is 2.16 bits per heavy atom. The van der Waals surface area contributed by atoms with E-state index >= 15 is 0 Å². The number of likely N-dealkylation sites (tertiary alicyclic amines) is 1. The standard InChI is InChI=1S/C26H29FN6O3S/c1-32(26(35)20-3-5-21-25(29-20)30-22(34)15-37-21)10-7-16-8-11-33(14-16)12-9-17-18(27)13-28-19-4-6-23(36-2)31-24(17)19/h3-6,13,16H,7-12,14-15H2,1-2H3,(H,29,30,34). The summed E-state index contributed by atoms with van der Waals surface area (Å²) >= 11 is 1.42. The van der Waals surface area contributed by atoms with Crippen LogP contribution >= 0.6 is 11.8 Å². The van der Waals surface area contributed by atoms with Gasteiger partial charge in [-0.15, -0.1) is 11.8 Å². The van der Waals surface area contributed by atoms with Gasteiger partial charge in [-0.25, -0.2) is 14.4 Å². The normalized spacial score (nSPS) is 17.5. The first-order valence-electron chi connectivity index (χ1n) is 12.3. The number of anilines is 1. The molecule has 1 fully saturated rings. The van der Waals surface area contributed by atoms with Gasteiger partial charge in [-0.1, -0.05) is 0 Å². The number of fused-ring (bicyclic) bond motifs is 2. The van der Waals surface area contributed by atoms with Crippen LogP contribution in [0.5, 0.6) is 5.88 Å². The van der Waals surface area contributed by atoms with E-state index in [4.69, 9.17) is 4.74 Å². The van der Waals surface area contributed by atoms with Crippen molar-refractivity contribution in [2.24, 2.45) is 5.92 Å². The summed E-state index contributed by atoms with van der Waals surface area (Å²) in [6, 6.07) is 7.07. The van der Waals surface area contributed by atoms with Gasteiger partial charge < -0.3 is 19.9 Å². The molecule has 1 unspecified atom stereocenters. The zero-order valence-electron chi connectivity index (χ0n) is 20.9. The average Bonchev–Trinajstić information content (AvgIpc) is 3.37. The summed E-state index contributed by atoms with van der Waals surface area (Å²) in [5.74, 6) is 1.10. The fourth-order valence-corrected chi connectivity index (χ4v) is 5.56. The van der Waals surface area contributed by atoms with Crippen molar-refractivity contribution in [1.29, 1.82) is 0 Å². The highest BCUT2D eigenvalue weighted by Crippen LogP contribution is 2.30. The molecule has 37 heavy (non-hydrogen) atoms. The van der Waals surface area contributed by atoms with Crippen molar-refractivity contribution < 1.29 is 18.7 Å². The number of methoxy groups -OCH3 is 1. The van der Waals surface area contributed by atoms with E-state index < -0.39 is 0 Å². The van der Waals surface area contributed by atoms with E-state index in [9.17, 15) is 14.0 Å². The first-order valence-corrected chi connectivity index (χ1v) is 13.3. The van der Waals surface area contributed by atoms with Crippen LogP contribution in [-0.4, -0.2) is 82.7 Å². The van der Waals surface area contributed by atoms with E-state index in [1.54, 1.807) is 30.1 Å². The fourth-order valence-electron chi connectivity index (χ4n) is 4.81. The number of carbonyl (C=O) groups excluding carboxylic acids is 2. The lowest BCUT2D eigenvalue weighted by molar-refractivity contribution is -0.113. The highest BCUT2D eigenvalue weighted by atomic mass is 32.2. The lowest BCUT2D eigenvalue weighted by Gasteiger charge is -2.21. The number of amides is 2. The van der Waals surface area contributed by atoms with Gasteiger partial charge in [0.1, 0.15) is 17.3 Å². The van der Waals surface area contributed by atoms with Gasteiger partial charge in [0.15, 0.2) is 0 Å². The monoisotopic (exact) mass is 524 g/mol. The zero-order chi connectivity index (χ0) is 25.9. The molecular formula is C26H29FN6O3S. The highest BCUT2D eigenvalue weighted by molar-refractivity contribution is 8.00. The number of rotatable bonds is 8. The number of ether oxygens (including phenoxy) is 1. The van der Waals surface area contributed by atoms with E-state index in [0.717, 1.165) is 37.4 Å². The van der Waals surface area contributed by atoms with Gasteiger partial charge >= 0.3 is 0 Å². The summed E-state index contributed by atoms with van der Waals surface area (Å²) < 4.78 is 19.8. The Hall–Kier alpha value is -3.31. The summed E-state index contributed by atoms with van der Waals surface area (Å²) in [5.41, 5.74) is 2.08. The first kappa shape index (κ1) is 25.3. The summed E-state index contributed by atoms with van der Waals surface area (Å²) in [4.78, 5) is 42.4. The third kappa shape index (κ3) is 5.67. The Balaban J connectivity index is 1.13. The van der Waals surface area contributed by atoms with Crippen LogP contribution in [0.25, 0.3) is 11.0 Å². The summed E-state index contributed by atoms with van der Waals surface area (Å²) in [7, 11) is 3.32. The van der Waals surface area contributed by atoms with E-state index in [1.165, 1.54) is 25.1 Å². The van der Waals surface area contributed by atoms with Crippen molar-refractivity contribution >= 4 is 40.4 Å². The van der Waals surface area contributed by atoms with E-state index in [-0.39, 0.29) is 17.6 Å². The third-order valence-corrected chi connectivity index (χ3v) is 7.96. The molecule has 0 aliphatic carbocycles. The molecule has 9 nitrogen and oxygen atoms in total. The molecule has 0 radical (unpaired) electrons. The van der Waals surface area contributed by atoms with Gasteiger partial charge in [-0.2, -0.15) is 0 Å². The van der Waals surface area contributed by atoms with Crippen LogP contribution in [-0.2, 0) is 11.2 Å². The molecule has 1 N–H and O–H groups in total. The molecule has 3 aromatic rings. The van der Waals surface area contributed by atoms with Crippen LogP contribution in [0.15, 0.2) is 35.4 Å². The predicted molar refractivity (Wildman–Crippen MR) is 139 cm³/mol. The molecule has 194 valence electrons. The van der Waals surface area contributed by atoms with Gasteiger partial charge in [-0.05, 0) is 49.9 Å². The Morgan fingerprint density at radius 1 is 1.30 bits per heavy atom. The number of nitrogens with zero attached hydrogens (tertiary/aromatic N) is 5. The molecule has 0 bridgehead atoms. The number of carbonyl (C=O) groups is 2. The Bertz CT molecular complexity index is 1340. The molecular weight excluding hydrogens is 495 g/mol. The van der Waals surface area contributed by atoms with Crippen LogP contribution in [0.1, 0.15) is 28.9 Å². The number of aromatic nitrogens is 3. The van der Waals surface area contributed by atoms with Crippen LogP contribution in [0, 0.1) is 11.7 Å². The molecule has 5 rings (SSSR count). The summed E-state index contributed by atoms with van der Waals surface area (Å²) in [6.45, 7) is 3.19. The van der Waals surface area contributed by atoms with Gasteiger partial charge in [-0.3, -0.25) is 14.6 Å². The molecule has 11 heteroatoms. The summed E-state index contributed by atoms with van der Waals surface area (Å²) in [6.07, 6.45) is 3.71. The number of nitrogens with one attached hydrogen (secondary N) is 1. The largest absolute Gasteiger partial charge is 0.481 e. The minimum absolute atomic E-state index is 0.107. The molecule has 0 saturated carbocycles. The first-order chi connectivity index (χ1) is 17.9. The predicted octanol–water partition coefficient (Wildman–Crippen LogP) is 3.24. The van der Waals surface area contributed by atoms with Crippen molar-refractivity contribution in [2.75, 3.05) is 51.4 Å². The van der Waals surface area contributed by atoms with Crippen LogP contribution < -0.4 is 10.1 Å². The van der Waals surface area contributed by atoms with Crippen molar-refractivity contribution in [3.8, 4) is 5.88 Å². The van der Waals surface area contributed by atoms with Crippen molar-refractivity contribution in [1.82, 2.24) is 24.8 Å². The second-order valence-corrected chi connectivity index (χ2v) is 10.4. The Morgan fingerprint density at radius 3 is 3.00 bits per heavy atom. The van der Waals surface area contributed by atoms with Gasteiger partial charge in [0.05, 0.1) is 35.0 Å². The number of pyridine rings is 3. The quantitative estimate of drug-likeness (QED) is 0.479. The molecule has 1 atom stereocenters. The fraction of sp³-hybridized carbons (Fsp3) is 0.423. The molecule has 0 spiro atoms. The van der Waals surface area contributed by atoms with Gasteiger partial charge in [0.25, 0.3) is 5.91 Å². The lowest BCUT2D eigenvalue weighted by atomic mass is 10.0. The summed E-state index contributed by atoms with van der Waals surface area (Å²) in [5, 5.41) is 2.73. The average molecular weight is 525 g/mol. The lowest BCUT2D eigenvalue weighted by Crippen LogP contribution is -2.31. The number of hydrogen-bond donors (Lipinski definition) is 1. The zero-order valence-corrected chi connectivity index (χ0v) is 21.7. The van der Waals surface area contributed by atoms with E-state index in [0.29, 0.717) is 58.6 Å². The minimum atomic E-state index is -0.349. The molecule has 5 heterocycles. The molecule has 3 aromatic heterocycles. The number of hydrogen-bond acceptors (Lipinski definition) is 8. The SMILES string of the molecule is COc1ccc2ncc(F)c(CCN3CCC(CCN(C)C(=O)c4ccc5c(n4)NC(=O)CS5)C3)c2n1. The topological polar surface area (TPSA) is 101 Å². The second kappa shape index (κ2) is 11.0. The molecule has 2 amide bonds. The third-order valence-electron chi connectivity index (χ3n) is 6.91. The van der Waals surface area contributed by atoms with Gasteiger partial charge in [0, 0.05) is 38.3 Å². The van der Waals surface area contributed by atoms with E-state index in [2.05, 4.69) is 25.2 Å². The van der Waals surface area contributed by atoms with Crippen molar-refractivity contribution in [3.05, 3.63) is 47.5 Å². The Kier molecular flexibility index (Phi) is 7.52. The number of thioether (sulfide) groups is 1. The smallest absolute Gasteiger partial charge is 0.272 e. The van der Waals surface area contributed by atoms with Crippen LogP contribution in [0.2, 0.25) is 0 Å². The van der Waals surface area contributed by atoms with Crippen LogP contribution in [0.3, 0.4) is 0 Å². The van der Waals surface area contributed by atoms with E-state index in [1.807, 2.05) is 6.07 Å². The van der Waals surface area contributed by atoms with Crippen molar-refractivity contribution in [3.63, 3.8) is 0 Å². The molecule has 1 saturated heterocycles. The van der Waals surface area contributed by atoms with Crippen LogP contribution in [0.4, 0.5) is 10.2 Å². The maximum absolute atomic E-state index is 14.6. The molecule has 2 aliphatic heterocycles. The van der Waals surface area contributed by atoms with Gasteiger partial charge in [0.2, 0.25) is 11.8 Å². The highest BCUT2D eigenvalue weighted by Gasteiger charge is 2.25. The molecule has 0 aromatic carbocycles. The Labute approximate surface area is 218 Å². The van der Waals surface area contributed by atoms with Crippen molar-refractivity contribution in [2.45, 2.75) is 24.2 Å². The second-order valence-electron chi connectivity index (χ2n) is 9.41. The minimum Gasteiger partial charge on any atom is -0.481 e. The maximum Gasteiger partial charge on any atom is 0.272 e. The number of halogens is 1. The maximum atomic E-state index is 14.6.